The highest BCUT2D eigenvalue weighted by molar-refractivity contribution is 7.99. The minimum absolute atomic E-state index is 0.00235. The lowest BCUT2D eigenvalue weighted by atomic mass is 9.62. The van der Waals surface area contributed by atoms with Crippen LogP contribution in [0.1, 0.15) is 59.9 Å². The molecule has 0 bridgehead atoms. The number of anilines is 1. The summed E-state index contributed by atoms with van der Waals surface area (Å²) in [5.41, 5.74) is 8.67. The summed E-state index contributed by atoms with van der Waals surface area (Å²) in [5, 5.41) is 3.59. The Bertz CT molecular complexity index is 1650. The Morgan fingerprint density at radius 2 is 1.68 bits per heavy atom. The zero-order valence-electron chi connectivity index (χ0n) is 23.4. The number of nitrogens with zero attached hydrogens (tertiary/aromatic N) is 2. The number of aromatic nitrogens is 2. The quantitative estimate of drug-likeness (QED) is 0.209. The van der Waals surface area contributed by atoms with Crippen molar-refractivity contribution in [2.75, 3.05) is 11.1 Å². The summed E-state index contributed by atoms with van der Waals surface area (Å²) >= 11 is 1.32. The maximum absolute atomic E-state index is 14.6. The molecule has 0 saturated heterocycles. The lowest BCUT2D eigenvalue weighted by molar-refractivity contribution is -0.113. The molecule has 1 saturated carbocycles. The molecule has 2 aliphatic rings. The van der Waals surface area contributed by atoms with Gasteiger partial charge in [-0.1, -0.05) is 90.7 Å². The Morgan fingerprint density at radius 1 is 0.950 bits per heavy atom. The van der Waals surface area contributed by atoms with Crippen molar-refractivity contribution in [3.05, 3.63) is 105 Å². The monoisotopic (exact) mass is 549 g/mol. The fraction of sp³-hybridized carbons (Fsp3) is 0.324. The molecule has 1 fully saturated rings. The van der Waals surface area contributed by atoms with Crippen LogP contribution in [0.15, 0.2) is 76.7 Å². The second-order valence-corrected chi connectivity index (χ2v) is 12.4. The summed E-state index contributed by atoms with van der Waals surface area (Å²) < 4.78 is 1.75. The van der Waals surface area contributed by atoms with Gasteiger partial charge >= 0.3 is 0 Å². The standard InChI is InChI=1S/C34H35N3O2S/c1-22-11-14-26(15-12-22)37-32(39)30-31(27-10-6-5-9-25(27)20-34(30)17-7-4-8-18-34)36-33(37)40-21-29(38)35-28-16-13-23(2)19-24(28)3/h5-6,9-16,19H,4,7-8,17-18,20-21H2,1-3H3,(H,35,38). The normalized spacial score (nSPS) is 15.4. The van der Waals surface area contributed by atoms with Crippen molar-refractivity contribution in [3.8, 4) is 16.9 Å². The highest BCUT2D eigenvalue weighted by Gasteiger charge is 2.43. The number of hydrogen-bond acceptors (Lipinski definition) is 4. The Labute approximate surface area is 240 Å². The Hall–Kier alpha value is -3.64. The van der Waals surface area contributed by atoms with Crippen LogP contribution < -0.4 is 10.9 Å². The maximum Gasteiger partial charge on any atom is 0.263 e. The van der Waals surface area contributed by atoms with E-state index in [1.807, 2.05) is 63.2 Å². The Balaban J connectivity index is 1.45. The summed E-state index contributed by atoms with van der Waals surface area (Å²) in [4.78, 5) is 32.9. The third kappa shape index (κ3) is 4.90. The van der Waals surface area contributed by atoms with E-state index in [0.29, 0.717) is 5.16 Å². The summed E-state index contributed by atoms with van der Waals surface area (Å²) in [5.74, 6) is 0.0283. The number of nitrogens with one attached hydrogen (secondary N) is 1. The molecule has 3 aromatic carbocycles. The van der Waals surface area contributed by atoms with Crippen molar-refractivity contribution in [1.82, 2.24) is 9.55 Å². The number of amides is 1. The van der Waals surface area contributed by atoms with Crippen LogP contribution in [-0.2, 0) is 16.6 Å². The van der Waals surface area contributed by atoms with E-state index >= 15 is 0 Å². The largest absolute Gasteiger partial charge is 0.325 e. The minimum atomic E-state index is -0.192. The van der Waals surface area contributed by atoms with Crippen LogP contribution in [0, 0.1) is 20.8 Å². The molecule has 6 heteroatoms. The number of benzene rings is 3. The van der Waals surface area contributed by atoms with Crippen molar-refractivity contribution < 1.29 is 4.79 Å². The van der Waals surface area contributed by atoms with Gasteiger partial charge in [0.2, 0.25) is 5.91 Å². The zero-order valence-corrected chi connectivity index (χ0v) is 24.2. The van der Waals surface area contributed by atoms with Crippen LogP contribution in [0.4, 0.5) is 5.69 Å². The minimum Gasteiger partial charge on any atom is -0.325 e. The molecule has 40 heavy (non-hydrogen) atoms. The average molecular weight is 550 g/mol. The molecule has 0 radical (unpaired) electrons. The van der Waals surface area contributed by atoms with Gasteiger partial charge < -0.3 is 5.32 Å². The molecule has 204 valence electrons. The third-order valence-corrected chi connectivity index (χ3v) is 9.41. The van der Waals surface area contributed by atoms with Crippen LogP contribution in [0.5, 0.6) is 0 Å². The number of carbonyl (C=O) groups excluding carboxylic acids is 1. The van der Waals surface area contributed by atoms with Crippen molar-refractivity contribution in [2.45, 2.75) is 69.9 Å². The smallest absolute Gasteiger partial charge is 0.263 e. The highest BCUT2D eigenvalue weighted by Crippen LogP contribution is 2.49. The van der Waals surface area contributed by atoms with Gasteiger partial charge in [-0.05, 0) is 69.4 Å². The predicted molar refractivity (Wildman–Crippen MR) is 164 cm³/mol. The molecule has 0 aliphatic heterocycles. The van der Waals surface area contributed by atoms with Gasteiger partial charge in [0.15, 0.2) is 5.16 Å². The molecule has 1 heterocycles. The Morgan fingerprint density at radius 3 is 2.42 bits per heavy atom. The molecule has 1 aromatic heterocycles. The lowest BCUT2D eigenvalue weighted by Gasteiger charge is -2.42. The van der Waals surface area contributed by atoms with Crippen LogP contribution in [0.2, 0.25) is 0 Å². The maximum atomic E-state index is 14.6. The summed E-state index contributed by atoms with van der Waals surface area (Å²) in [6.07, 6.45) is 6.35. The molecule has 0 unspecified atom stereocenters. The summed E-state index contributed by atoms with van der Waals surface area (Å²) in [6, 6.07) is 22.4. The van der Waals surface area contributed by atoms with E-state index in [1.165, 1.54) is 23.7 Å². The number of aryl methyl sites for hydroxylation is 3. The zero-order chi connectivity index (χ0) is 27.9. The van der Waals surface area contributed by atoms with Gasteiger partial charge in [-0.15, -0.1) is 0 Å². The van der Waals surface area contributed by atoms with Gasteiger partial charge in [-0.2, -0.15) is 0 Å². The van der Waals surface area contributed by atoms with E-state index in [1.54, 1.807) is 4.57 Å². The molecule has 0 atom stereocenters. The second-order valence-electron chi connectivity index (χ2n) is 11.4. The number of carbonyl (C=O) groups is 1. The second kappa shape index (κ2) is 10.7. The first-order valence-corrected chi connectivity index (χ1v) is 15.2. The molecule has 2 aliphatic carbocycles. The van der Waals surface area contributed by atoms with E-state index in [-0.39, 0.29) is 22.6 Å². The first kappa shape index (κ1) is 26.6. The van der Waals surface area contributed by atoms with E-state index in [0.717, 1.165) is 77.0 Å². The van der Waals surface area contributed by atoms with Gasteiger partial charge in [0, 0.05) is 16.7 Å². The third-order valence-electron chi connectivity index (χ3n) is 8.48. The number of rotatable bonds is 5. The van der Waals surface area contributed by atoms with Crippen LogP contribution >= 0.6 is 11.8 Å². The highest BCUT2D eigenvalue weighted by atomic mass is 32.2. The fourth-order valence-electron chi connectivity index (χ4n) is 6.48. The molecule has 1 spiro atoms. The van der Waals surface area contributed by atoms with Gasteiger partial charge in [0.1, 0.15) is 0 Å². The van der Waals surface area contributed by atoms with E-state index < -0.39 is 0 Å². The Kier molecular flexibility index (Phi) is 7.13. The topological polar surface area (TPSA) is 64.0 Å². The predicted octanol–water partition coefficient (Wildman–Crippen LogP) is 7.31. The van der Waals surface area contributed by atoms with Crippen molar-refractivity contribution in [3.63, 3.8) is 0 Å². The SMILES string of the molecule is Cc1ccc(-n2c(SCC(=O)Nc3ccc(C)cc3C)nc3c(c2=O)C2(CCCCC2)Cc2ccccc2-3)cc1. The van der Waals surface area contributed by atoms with Crippen LogP contribution in [0.25, 0.3) is 16.9 Å². The van der Waals surface area contributed by atoms with Crippen LogP contribution in [-0.4, -0.2) is 21.2 Å². The molecule has 6 rings (SSSR count). The molecule has 4 aromatic rings. The van der Waals surface area contributed by atoms with Crippen LogP contribution in [0.3, 0.4) is 0 Å². The van der Waals surface area contributed by atoms with Gasteiger partial charge in [-0.25, -0.2) is 4.98 Å². The number of fused-ring (bicyclic) bond motifs is 4. The molecular formula is C34H35N3O2S. The average Bonchev–Trinajstić information content (AvgIpc) is 2.94. The van der Waals surface area contributed by atoms with E-state index in [9.17, 15) is 9.59 Å². The van der Waals surface area contributed by atoms with Gasteiger partial charge in [0.05, 0.1) is 22.7 Å². The van der Waals surface area contributed by atoms with Gasteiger partial charge in [0.25, 0.3) is 5.56 Å². The van der Waals surface area contributed by atoms with E-state index in [4.69, 9.17) is 4.98 Å². The van der Waals surface area contributed by atoms with Crippen molar-refractivity contribution in [2.24, 2.45) is 0 Å². The number of hydrogen-bond donors (Lipinski definition) is 1. The molecule has 5 nitrogen and oxygen atoms in total. The summed E-state index contributed by atoms with van der Waals surface area (Å²) in [6.45, 7) is 6.07. The van der Waals surface area contributed by atoms with Crippen molar-refractivity contribution >= 4 is 23.4 Å². The van der Waals surface area contributed by atoms with E-state index in [2.05, 4.69) is 29.6 Å². The number of thioether (sulfide) groups is 1. The molecular weight excluding hydrogens is 514 g/mol. The first-order chi connectivity index (χ1) is 19.3. The molecule has 1 amide bonds. The molecule has 1 N–H and O–H groups in total. The van der Waals surface area contributed by atoms with Crippen molar-refractivity contribution in [1.29, 1.82) is 0 Å². The lowest BCUT2D eigenvalue weighted by Crippen LogP contribution is -2.43. The first-order valence-electron chi connectivity index (χ1n) is 14.2. The summed E-state index contributed by atoms with van der Waals surface area (Å²) in [7, 11) is 0. The van der Waals surface area contributed by atoms with Gasteiger partial charge in [-0.3, -0.25) is 14.2 Å². The fourth-order valence-corrected chi connectivity index (χ4v) is 7.28.